The van der Waals surface area contributed by atoms with Gasteiger partial charge in [-0.2, -0.15) is 0 Å². The molecular weight excluding hydrogens is 378 g/mol. The highest BCUT2D eigenvalue weighted by molar-refractivity contribution is 5.87. The van der Waals surface area contributed by atoms with Crippen LogP contribution in [0.1, 0.15) is 18.4 Å². The van der Waals surface area contributed by atoms with Crippen molar-refractivity contribution in [2.24, 2.45) is 5.92 Å². The molecule has 2 aromatic carbocycles. The van der Waals surface area contributed by atoms with Crippen molar-refractivity contribution in [3.05, 3.63) is 59.7 Å². The molecule has 1 atom stereocenters. The summed E-state index contributed by atoms with van der Waals surface area (Å²) in [6.45, 7) is 2.75. The maximum atomic E-state index is 14.5. The standard InChI is InChI=1S/C22H24F2N2O3/c1-28-20-7-6-15(12-18(20)24)13-26(19-5-3-2-4-17(19)23)22(27)29-21-14-25-10-8-16(21)9-11-25/h2-7,12,16,21H,8-11,13-14H2,1H3. The van der Waals surface area contributed by atoms with Crippen LogP contribution in [0, 0.1) is 17.6 Å². The number of rotatable bonds is 5. The Balaban J connectivity index is 1.57. The molecule has 3 aliphatic rings. The first-order valence-electron chi connectivity index (χ1n) is 9.82. The number of halogens is 2. The number of carbonyl (C=O) groups is 1. The van der Waals surface area contributed by atoms with E-state index in [0.29, 0.717) is 18.0 Å². The molecule has 3 saturated heterocycles. The van der Waals surface area contributed by atoms with Gasteiger partial charge in [-0.25, -0.2) is 13.6 Å². The Hall–Kier alpha value is -2.67. The zero-order valence-electron chi connectivity index (χ0n) is 16.3. The van der Waals surface area contributed by atoms with Crippen molar-refractivity contribution in [2.75, 3.05) is 31.6 Å². The Bertz CT molecular complexity index is 884. The lowest BCUT2D eigenvalue weighted by molar-refractivity contribution is -0.0311. The second-order valence-electron chi connectivity index (χ2n) is 7.57. The Morgan fingerprint density at radius 1 is 1.14 bits per heavy atom. The van der Waals surface area contributed by atoms with Gasteiger partial charge in [0.05, 0.1) is 19.3 Å². The normalized spacial score (nSPS) is 22.9. The number of piperidine rings is 3. The molecule has 2 bridgehead atoms. The van der Waals surface area contributed by atoms with E-state index in [1.807, 2.05) is 0 Å². The molecule has 29 heavy (non-hydrogen) atoms. The molecule has 3 aliphatic heterocycles. The smallest absolute Gasteiger partial charge is 0.415 e. The van der Waals surface area contributed by atoms with E-state index in [0.717, 1.165) is 25.9 Å². The number of hydrogen-bond acceptors (Lipinski definition) is 4. The van der Waals surface area contributed by atoms with Gasteiger partial charge in [-0.05, 0) is 61.7 Å². The van der Waals surface area contributed by atoms with Crippen LogP contribution in [0.25, 0.3) is 0 Å². The summed E-state index contributed by atoms with van der Waals surface area (Å²) in [5.74, 6) is -0.623. The molecule has 0 aromatic heterocycles. The summed E-state index contributed by atoms with van der Waals surface area (Å²) >= 11 is 0. The van der Waals surface area contributed by atoms with E-state index in [9.17, 15) is 13.6 Å². The van der Waals surface area contributed by atoms with Crippen molar-refractivity contribution in [1.82, 2.24) is 4.90 Å². The number of para-hydroxylation sites is 1. The quantitative estimate of drug-likeness (QED) is 0.751. The first-order chi connectivity index (χ1) is 14.0. The van der Waals surface area contributed by atoms with Crippen LogP contribution in [0.3, 0.4) is 0 Å². The average molecular weight is 402 g/mol. The van der Waals surface area contributed by atoms with Crippen LogP contribution in [0.15, 0.2) is 42.5 Å². The van der Waals surface area contributed by atoms with E-state index in [4.69, 9.17) is 9.47 Å². The number of nitrogens with zero attached hydrogens (tertiary/aromatic N) is 2. The molecular formula is C22H24F2N2O3. The predicted octanol–water partition coefficient (Wildman–Crippen LogP) is 4.21. The van der Waals surface area contributed by atoms with Crippen LogP contribution < -0.4 is 9.64 Å². The second-order valence-corrected chi connectivity index (χ2v) is 7.57. The summed E-state index contributed by atoms with van der Waals surface area (Å²) in [4.78, 5) is 16.6. The molecule has 0 aliphatic carbocycles. The van der Waals surface area contributed by atoms with Crippen LogP contribution in [0.4, 0.5) is 19.3 Å². The van der Waals surface area contributed by atoms with E-state index in [1.54, 1.807) is 18.2 Å². The van der Waals surface area contributed by atoms with Gasteiger partial charge in [-0.3, -0.25) is 9.80 Å². The third kappa shape index (κ3) is 4.19. The first-order valence-corrected chi connectivity index (χ1v) is 9.82. The number of hydrogen-bond donors (Lipinski definition) is 0. The third-order valence-corrected chi connectivity index (χ3v) is 5.77. The molecule has 0 N–H and O–H groups in total. The second kappa shape index (κ2) is 8.37. The molecule has 0 saturated carbocycles. The maximum Gasteiger partial charge on any atom is 0.415 e. The Labute approximate surface area is 168 Å². The molecule has 2 aromatic rings. The lowest BCUT2D eigenvalue weighted by atomic mass is 9.86. The number of fused-ring (bicyclic) bond motifs is 3. The summed E-state index contributed by atoms with van der Waals surface area (Å²) < 4.78 is 39.3. The minimum absolute atomic E-state index is 0.0121. The number of anilines is 1. The molecule has 1 amide bonds. The van der Waals surface area contributed by atoms with Gasteiger partial charge in [0.2, 0.25) is 0 Å². The monoisotopic (exact) mass is 402 g/mol. The molecule has 0 radical (unpaired) electrons. The van der Waals surface area contributed by atoms with E-state index >= 15 is 0 Å². The number of benzene rings is 2. The minimum Gasteiger partial charge on any atom is -0.494 e. The van der Waals surface area contributed by atoms with E-state index < -0.39 is 17.7 Å². The van der Waals surface area contributed by atoms with Crippen LogP contribution in [-0.4, -0.2) is 43.8 Å². The molecule has 3 fully saturated rings. The van der Waals surface area contributed by atoms with Crippen molar-refractivity contribution in [2.45, 2.75) is 25.5 Å². The summed E-state index contributed by atoms with van der Waals surface area (Å²) in [6.07, 6.45) is 1.18. The van der Waals surface area contributed by atoms with Gasteiger partial charge >= 0.3 is 6.09 Å². The van der Waals surface area contributed by atoms with Crippen molar-refractivity contribution in [1.29, 1.82) is 0 Å². The molecule has 1 unspecified atom stereocenters. The number of carbonyl (C=O) groups excluding carboxylic acids is 1. The van der Waals surface area contributed by atoms with Crippen LogP contribution in [0.2, 0.25) is 0 Å². The van der Waals surface area contributed by atoms with Gasteiger partial charge < -0.3 is 9.47 Å². The summed E-state index contributed by atoms with van der Waals surface area (Å²) in [5, 5.41) is 0. The molecule has 7 heteroatoms. The molecule has 5 rings (SSSR count). The van der Waals surface area contributed by atoms with Crippen LogP contribution in [0.5, 0.6) is 5.75 Å². The fourth-order valence-corrected chi connectivity index (χ4v) is 4.15. The van der Waals surface area contributed by atoms with Crippen molar-refractivity contribution < 1.29 is 23.0 Å². The average Bonchev–Trinajstić information content (AvgIpc) is 2.73. The largest absolute Gasteiger partial charge is 0.494 e. The van der Waals surface area contributed by atoms with Gasteiger partial charge in [0.25, 0.3) is 0 Å². The van der Waals surface area contributed by atoms with Gasteiger partial charge in [-0.1, -0.05) is 18.2 Å². The van der Waals surface area contributed by atoms with Crippen molar-refractivity contribution in [3.63, 3.8) is 0 Å². The van der Waals surface area contributed by atoms with Gasteiger partial charge in [0.1, 0.15) is 11.9 Å². The zero-order chi connectivity index (χ0) is 20.4. The lowest BCUT2D eigenvalue weighted by Crippen LogP contribution is -2.53. The van der Waals surface area contributed by atoms with Crippen LogP contribution >= 0.6 is 0 Å². The lowest BCUT2D eigenvalue weighted by Gasteiger charge is -2.44. The fraction of sp³-hybridized carbons (Fsp3) is 0.409. The van der Waals surface area contributed by atoms with Crippen LogP contribution in [-0.2, 0) is 11.3 Å². The summed E-state index contributed by atoms with van der Waals surface area (Å²) in [5.41, 5.74) is 0.618. The maximum absolute atomic E-state index is 14.5. The highest BCUT2D eigenvalue weighted by Crippen LogP contribution is 2.31. The minimum atomic E-state index is -0.620. The Morgan fingerprint density at radius 3 is 2.52 bits per heavy atom. The highest BCUT2D eigenvalue weighted by atomic mass is 19.1. The SMILES string of the molecule is COc1ccc(CN(C(=O)OC2CN3CCC2CC3)c2ccccc2F)cc1F. The van der Waals surface area contributed by atoms with Gasteiger partial charge in [-0.15, -0.1) is 0 Å². The van der Waals surface area contributed by atoms with E-state index in [1.165, 1.54) is 36.3 Å². The number of methoxy groups -OCH3 is 1. The number of ether oxygens (including phenoxy) is 2. The van der Waals surface area contributed by atoms with Gasteiger partial charge in [0, 0.05) is 6.54 Å². The molecule has 154 valence electrons. The Morgan fingerprint density at radius 2 is 1.90 bits per heavy atom. The zero-order valence-corrected chi connectivity index (χ0v) is 16.3. The summed E-state index contributed by atoms with van der Waals surface area (Å²) in [7, 11) is 1.38. The Kier molecular flexibility index (Phi) is 5.67. The third-order valence-electron chi connectivity index (χ3n) is 5.77. The van der Waals surface area contributed by atoms with Gasteiger partial charge in [0.15, 0.2) is 11.6 Å². The molecule has 5 nitrogen and oxygen atoms in total. The number of amides is 1. The topological polar surface area (TPSA) is 42.0 Å². The first kappa shape index (κ1) is 19.6. The fourth-order valence-electron chi connectivity index (χ4n) is 4.15. The van der Waals surface area contributed by atoms with E-state index in [-0.39, 0.29) is 24.1 Å². The van der Waals surface area contributed by atoms with Crippen molar-refractivity contribution in [3.8, 4) is 5.75 Å². The van der Waals surface area contributed by atoms with Crippen molar-refractivity contribution >= 4 is 11.8 Å². The summed E-state index contributed by atoms with van der Waals surface area (Å²) in [6, 6.07) is 10.4. The molecule has 3 heterocycles. The predicted molar refractivity (Wildman–Crippen MR) is 105 cm³/mol. The van der Waals surface area contributed by atoms with E-state index in [2.05, 4.69) is 4.90 Å². The highest BCUT2D eigenvalue weighted by Gasteiger charge is 2.37. The molecule has 0 spiro atoms.